The number of carbonyl (C=O) groups excluding carboxylic acids is 1. The molecule has 0 unspecified atom stereocenters. The van der Waals surface area contributed by atoms with Crippen LogP contribution in [0.1, 0.15) is 5.56 Å². The monoisotopic (exact) mass is 362 g/mol. The third-order valence-electron chi connectivity index (χ3n) is 3.70. The van der Waals surface area contributed by atoms with Crippen LogP contribution in [-0.2, 0) is 21.2 Å². The summed E-state index contributed by atoms with van der Waals surface area (Å²) in [5, 5.41) is 2.64. The fourth-order valence-electron chi connectivity index (χ4n) is 2.49. The third kappa shape index (κ3) is 4.21. The lowest BCUT2D eigenvalue weighted by atomic mass is 10.2. The normalized spacial score (nSPS) is 13.4. The lowest BCUT2D eigenvalue weighted by Crippen LogP contribution is -2.26. The Labute approximate surface area is 146 Å². The first-order chi connectivity index (χ1) is 12.0. The highest BCUT2D eigenvalue weighted by molar-refractivity contribution is 7.92. The maximum atomic E-state index is 12.4. The van der Waals surface area contributed by atoms with E-state index in [9.17, 15) is 13.2 Å². The lowest BCUT2D eigenvalue weighted by Gasteiger charge is -2.21. The Bertz CT molecular complexity index is 896. The molecule has 0 atom stereocenters. The van der Waals surface area contributed by atoms with Crippen LogP contribution >= 0.6 is 0 Å². The molecule has 1 heterocycles. The second-order valence-electron chi connectivity index (χ2n) is 5.54. The maximum Gasteiger partial charge on any atom is 0.262 e. The van der Waals surface area contributed by atoms with E-state index in [1.165, 1.54) is 0 Å². The molecule has 2 aromatic carbocycles. The zero-order valence-corrected chi connectivity index (χ0v) is 14.4. The first kappa shape index (κ1) is 17.1. The van der Waals surface area contributed by atoms with Crippen LogP contribution in [-0.4, -0.2) is 33.8 Å². The maximum absolute atomic E-state index is 12.4. The minimum absolute atomic E-state index is 0.0871. The SMILES string of the molecule is COc1cccc(CCS(=O)(=O)Nc2cccc3c2OCC(=O)N3)c1. The third-order valence-corrected chi connectivity index (χ3v) is 4.97. The fraction of sp³-hybridized carbons (Fsp3) is 0.235. The largest absolute Gasteiger partial charge is 0.497 e. The average Bonchev–Trinajstić information content (AvgIpc) is 2.60. The summed E-state index contributed by atoms with van der Waals surface area (Å²) < 4.78 is 37.8. The molecule has 0 radical (unpaired) electrons. The molecule has 7 nitrogen and oxygen atoms in total. The van der Waals surface area contributed by atoms with E-state index < -0.39 is 10.0 Å². The number of hydrogen-bond donors (Lipinski definition) is 2. The zero-order chi connectivity index (χ0) is 17.9. The molecule has 1 aliphatic heterocycles. The Morgan fingerprint density at radius 3 is 2.84 bits per heavy atom. The average molecular weight is 362 g/mol. The van der Waals surface area contributed by atoms with E-state index in [1.54, 1.807) is 37.4 Å². The van der Waals surface area contributed by atoms with Crippen molar-refractivity contribution in [1.82, 2.24) is 0 Å². The summed E-state index contributed by atoms with van der Waals surface area (Å²) in [6.45, 7) is -0.143. The van der Waals surface area contributed by atoms with Gasteiger partial charge in [-0.15, -0.1) is 0 Å². The van der Waals surface area contributed by atoms with E-state index in [2.05, 4.69) is 10.0 Å². The summed E-state index contributed by atoms with van der Waals surface area (Å²) in [6.07, 6.45) is 0.346. The van der Waals surface area contributed by atoms with Crippen LogP contribution in [0.15, 0.2) is 42.5 Å². The van der Waals surface area contributed by atoms with Gasteiger partial charge in [0.25, 0.3) is 5.91 Å². The molecule has 1 aliphatic rings. The molecule has 0 aliphatic carbocycles. The Hall–Kier alpha value is -2.74. The van der Waals surface area contributed by atoms with Crippen LogP contribution in [0.5, 0.6) is 11.5 Å². The van der Waals surface area contributed by atoms with E-state index >= 15 is 0 Å². The van der Waals surface area contributed by atoms with E-state index in [0.29, 0.717) is 29.3 Å². The summed E-state index contributed by atoms with van der Waals surface area (Å²) in [4.78, 5) is 11.3. The summed E-state index contributed by atoms with van der Waals surface area (Å²) in [5.41, 5.74) is 1.62. The van der Waals surface area contributed by atoms with Gasteiger partial charge in [0.05, 0.1) is 24.2 Å². The number of carbonyl (C=O) groups is 1. The summed E-state index contributed by atoms with van der Waals surface area (Å²) in [7, 11) is -2.02. The summed E-state index contributed by atoms with van der Waals surface area (Å²) in [6, 6.07) is 12.2. The molecule has 0 aromatic heterocycles. The molecule has 132 valence electrons. The lowest BCUT2D eigenvalue weighted by molar-refractivity contribution is -0.118. The molecular formula is C17H18N2O5S. The number of anilines is 2. The Kier molecular flexibility index (Phi) is 4.80. The van der Waals surface area contributed by atoms with Crippen molar-refractivity contribution in [3.05, 3.63) is 48.0 Å². The predicted octanol–water partition coefficient (Wildman–Crippen LogP) is 2.01. The van der Waals surface area contributed by atoms with Crippen LogP contribution in [0.2, 0.25) is 0 Å². The summed E-state index contributed by atoms with van der Waals surface area (Å²) >= 11 is 0. The fourth-order valence-corrected chi connectivity index (χ4v) is 3.60. The molecular weight excluding hydrogens is 344 g/mol. The number of rotatable bonds is 6. The number of fused-ring (bicyclic) bond motifs is 1. The molecule has 0 saturated carbocycles. The van der Waals surface area contributed by atoms with Crippen molar-refractivity contribution in [3.63, 3.8) is 0 Å². The topological polar surface area (TPSA) is 93.7 Å². The van der Waals surface area contributed by atoms with Crippen molar-refractivity contribution in [2.24, 2.45) is 0 Å². The highest BCUT2D eigenvalue weighted by Crippen LogP contribution is 2.35. The van der Waals surface area contributed by atoms with Crippen LogP contribution in [0.3, 0.4) is 0 Å². The first-order valence-corrected chi connectivity index (χ1v) is 9.31. The van der Waals surface area contributed by atoms with Gasteiger partial charge in [-0.1, -0.05) is 18.2 Å². The molecule has 8 heteroatoms. The number of benzene rings is 2. The molecule has 1 amide bonds. The number of ether oxygens (including phenoxy) is 2. The van der Waals surface area contributed by atoms with Crippen LogP contribution in [0.25, 0.3) is 0 Å². The van der Waals surface area contributed by atoms with Gasteiger partial charge >= 0.3 is 0 Å². The minimum atomic E-state index is -3.58. The molecule has 0 fully saturated rings. The number of nitrogens with one attached hydrogen (secondary N) is 2. The smallest absolute Gasteiger partial charge is 0.262 e. The second-order valence-corrected chi connectivity index (χ2v) is 7.38. The number of methoxy groups -OCH3 is 1. The minimum Gasteiger partial charge on any atom is -0.497 e. The van der Waals surface area contributed by atoms with Crippen LogP contribution in [0.4, 0.5) is 11.4 Å². The van der Waals surface area contributed by atoms with Gasteiger partial charge < -0.3 is 14.8 Å². The number of sulfonamides is 1. The molecule has 0 spiro atoms. The molecule has 2 N–H and O–H groups in total. The Morgan fingerprint density at radius 1 is 1.24 bits per heavy atom. The Balaban J connectivity index is 1.71. The van der Waals surface area contributed by atoms with Gasteiger partial charge in [-0.2, -0.15) is 0 Å². The molecule has 0 saturated heterocycles. The first-order valence-electron chi connectivity index (χ1n) is 7.66. The van der Waals surface area contributed by atoms with Gasteiger partial charge in [-0.05, 0) is 36.2 Å². The van der Waals surface area contributed by atoms with Gasteiger partial charge in [0.2, 0.25) is 10.0 Å². The van der Waals surface area contributed by atoms with E-state index in [4.69, 9.17) is 9.47 Å². The predicted molar refractivity (Wildman–Crippen MR) is 94.7 cm³/mol. The standard InChI is InChI=1S/C17H18N2O5S/c1-23-13-5-2-4-12(10-13)8-9-25(21,22)19-15-7-3-6-14-17(15)24-11-16(20)18-14/h2-7,10,19H,8-9,11H2,1H3,(H,18,20). The van der Waals surface area contributed by atoms with E-state index in [1.807, 2.05) is 12.1 Å². The van der Waals surface area contributed by atoms with E-state index in [-0.39, 0.29) is 18.3 Å². The van der Waals surface area contributed by atoms with Gasteiger partial charge in [-0.3, -0.25) is 9.52 Å². The van der Waals surface area contributed by atoms with Gasteiger partial charge in [0.15, 0.2) is 12.4 Å². The van der Waals surface area contributed by atoms with E-state index in [0.717, 1.165) is 5.56 Å². The number of para-hydroxylation sites is 1. The van der Waals surface area contributed by atoms with Crippen molar-refractivity contribution in [3.8, 4) is 11.5 Å². The molecule has 0 bridgehead atoms. The van der Waals surface area contributed by atoms with Crippen LogP contribution in [0, 0.1) is 0 Å². The number of hydrogen-bond acceptors (Lipinski definition) is 5. The number of amides is 1. The zero-order valence-electron chi connectivity index (χ0n) is 13.6. The number of aryl methyl sites for hydroxylation is 1. The molecule has 3 rings (SSSR count). The van der Waals surface area contributed by atoms with Crippen LogP contribution < -0.4 is 19.5 Å². The highest BCUT2D eigenvalue weighted by atomic mass is 32.2. The van der Waals surface area contributed by atoms with Gasteiger partial charge in [-0.25, -0.2) is 8.42 Å². The van der Waals surface area contributed by atoms with Crippen molar-refractivity contribution in [1.29, 1.82) is 0 Å². The quantitative estimate of drug-likeness (QED) is 0.820. The highest BCUT2D eigenvalue weighted by Gasteiger charge is 2.21. The van der Waals surface area contributed by atoms with Crippen molar-refractivity contribution >= 4 is 27.3 Å². The van der Waals surface area contributed by atoms with Crippen molar-refractivity contribution in [2.45, 2.75) is 6.42 Å². The summed E-state index contributed by atoms with van der Waals surface area (Å²) in [5.74, 6) is 0.651. The second kappa shape index (κ2) is 7.02. The van der Waals surface area contributed by atoms with Gasteiger partial charge in [0.1, 0.15) is 5.75 Å². The van der Waals surface area contributed by atoms with Crippen molar-refractivity contribution in [2.75, 3.05) is 29.5 Å². The molecule has 2 aromatic rings. The van der Waals surface area contributed by atoms with Gasteiger partial charge in [0, 0.05) is 0 Å². The molecule has 25 heavy (non-hydrogen) atoms. The Morgan fingerprint density at radius 2 is 2.04 bits per heavy atom. The van der Waals surface area contributed by atoms with Crippen molar-refractivity contribution < 1.29 is 22.7 Å².